The normalized spacial score (nSPS) is 17.3. The van der Waals surface area contributed by atoms with Gasteiger partial charge in [-0.15, -0.1) is 11.8 Å². The summed E-state index contributed by atoms with van der Waals surface area (Å²) in [5.41, 5.74) is 0.717. The number of thioether (sulfide) groups is 1. The summed E-state index contributed by atoms with van der Waals surface area (Å²) in [6.45, 7) is 4.87. The molecule has 0 aromatic heterocycles. The van der Waals surface area contributed by atoms with Crippen LogP contribution < -0.4 is 10.6 Å². The summed E-state index contributed by atoms with van der Waals surface area (Å²) in [7, 11) is 0. The summed E-state index contributed by atoms with van der Waals surface area (Å²) in [6.07, 6.45) is 1.13. The van der Waals surface area contributed by atoms with Gasteiger partial charge >= 0.3 is 0 Å². The number of carbonyl (C=O) groups is 2. The van der Waals surface area contributed by atoms with Crippen LogP contribution in [0.3, 0.4) is 0 Å². The standard InChI is InChI=1S/C15H19ClN2O2S/c1-9(2)5-6-17-14(19)8-13-15(20)18-11-7-10(16)3-4-12(11)21-13/h3-4,7,9,13H,5-6,8H2,1-2H3,(H,17,19)(H,18,20). The SMILES string of the molecule is CC(C)CCNC(=O)CC1Sc2ccc(Cl)cc2NC1=O. The Morgan fingerprint density at radius 2 is 2.24 bits per heavy atom. The predicted molar refractivity (Wildman–Crippen MR) is 86.8 cm³/mol. The Hall–Kier alpha value is -1.20. The van der Waals surface area contributed by atoms with Crippen molar-refractivity contribution >= 4 is 40.9 Å². The Morgan fingerprint density at radius 3 is 2.95 bits per heavy atom. The third-order valence-corrected chi connectivity index (χ3v) is 4.69. The molecule has 2 amide bonds. The Kier molecular flexibility index (Phi) is 5.53. The highest BCUT2D eigenvalue weighted by Gasteiger charge is 2.28. The van der Waals surface area contributed by atoms with Crippen LogP contribution in [0.25, 0.3) is 0 Å². The number of hydrogen-bond acceptors (Lipinski definition) is 3. The molecule has 0 saturated carbocycles. The molecule has 6 heteroatoms. The van der Waals surface area contributed by atoms with Gasteiger partial charge in [0.1, 0.15) is 0 Å². The van der Waals surface area contributed by atoms with Gasteiger partial charge in [0, 0.05) is 22.9 Å². The van der Waals surface area contributed by atoms with Crippen molar-refractivity contribution in [1.29, 1.82) is 0 Å². The molecular formula is C15H19ClN2O2S. The van der Waals surface area contributed by atoms with Crippen LogP contribution in [0.5, 0.6) is 0 Å². The lowest BCUT2D eigenvalue weighted by molar-refractivity contribution is -0.124. The molecule has 0 saturated heterocycles. The minimum Gasteiger partial charge on any atom is -0.356 e. The molecule has 114 valence electrons. The number of amides is 2. The van der Waals surface area contributed by atoms with E-state index in [1.165, 1.54) is 11.8 Å². The van der Waals surface area contributed by atoms with Crippen LogP contribution in [-0.4, -0.2) is 23.6 Å². The summed E-state index contributed by atoms with van der Waals surface area (Å²) in [5, 5.41) is 5.86. The van der Waals surface area contributed by atoms with E-state index in [0.717, 1.165) is 11.3 Å². The smallest absolute Gasteiger partial charge is 0.238 e. The molecule has 1 aliphatic rings. The minimum absolute atomic E-state index is 0.0827. The van der Waals surface area contributed by atoms with Crippen molar-refractivity contribution in [2.24, 2.45) is 5.92 Å². The lowest BCUT2D eigenvalue weighted by Crippen LogP contribution is -2.35. The number of rotatable bonds is 5. The van der Waals surface area contributed by atoms with Gasteiger partial charge in [0.05, 0.1) is 10.9 Å². The lowest BCUT2D eigenvalue weighted by atomic mass is 10.1. The van der Waals surface area contributed by atoms with Gasteiger partial charge in [-0.3, -0.25) is 9.59 Å². The van der Waals surface area contributed by atoms with Gasteiger partial charge < -0.3 is 10.6 Å². The third-order valence-electron chi connectivity index (χ3n) is 3.18. The first kappa shape index (κ1) is 16.2. The molecular weight excluding hydrogens is 308 g/mol. The van der Waals surface area contributed by atoms with E-state index in [4.69, 9.17) is 11.6 Å². The average molecular weight is 327 g/mol. The number of fused-ring (bicyclic) bond motifs is 1. The second-order valence-corrected chi connectivity index (χ2v) is 7.15. The van der Waals surface area contributed by atoms with Gasteiger partial charge in [-0.2, -0.15) is 0 Å². The fraction of sp³-hybridized carbons (Fsp3) is 0.467. The van der Waals surface area contributed by atoms with E-state index in [1.807, 2.05) is 6.07 Å². The molecule has 0 radical (unpaired) electrons. The molecule has 1 atom stereocenters. The van der Waals surface area contributed by atoms with E-state index in [2.05, 4.69) is 24.5 Å². The molecule has 21 heavy (non-hydrogen) atoms. The van der Waals surface area contributed by atoms with Gasteiger partial charge in [0.15, 0.2) is 0 Å². The maximum Gasteiger partial charge on any atom is 0.238 e. The second kappa shape index (κ2) is 7.18. The molecule has 2 N–H and O–H groups in total. The van der Waals surface area contributed by atoms with E-state index in [9.17, 15) is 9.59 Å². The van der Waals surface area contributed by atoms with Crippen LogP contribution in [0.1, 0.15) is 26.7 Å². The number of benzene rings is 1. The second-order valence-electron chi connectivity index (χ2n) is 5.47. The number of hydrogen-bond donors (Lipinski definition) is 2. The first-order valence-electron chi connectivity index (χ1n) is 6.99. The first-order valence-corrected chi connectivity index (χ1v) is 8.25. The Bertz CT molecular complexity index is 548. The van der Waals surface area contributed by atoms with Crippen molar-refractivity contribution in [1.82, 2.24) is 5.32 Å². The molecule has 2 rings (SSSR count). The quantitative estimate of drug-likeness (QED) is 0.872. The molecule has 0 fully saturated rings. The van der Waals surface area contributed by atoms with Crippen molar-refractivity contribution in [3.63, 3.8) is 0 Å². The van der Waals surface area contributed by atoms with Gasteiger partial charge in [0.2, 0.25) is 11.8 Å². The van der Waals surface area contributed by atoms with E-state index < -0.39 is 5.25 Å². The van der Waals surface area contributed by atoms with Crippen LogP contribution in [-0.2, 0) is 9.59 Å². The molecule has 0 spiro atoms. The number of nitrogens with one attached hydrogen (secondary N) is 2. The van der Waals surface area contributed by atoms with Crippen molar-refractivity contribution in [2.45, 2.75) is 36.8 Å². The molecule has 1 aromatic rings. The monoisotopic (exact) mass is 326 g/mol. The van der Waals surface area contributed by atoms with Crippen LogP contribution in [0, 0.1) is 5.92 Å². The summed E-state index contributed by atoms with van der Waals surface area (Å²) in [4.78, 5) is 24.9. The highest BCUT2D eigenvalue weighted by molar-refractivity contribution is 8.01. The molecule has 0 aliphatic carbocycles. The molecule has 4 nitrogen and oxygen atoms in total. The minimum atomic E-state index is -0.391. The van der Waals surface area contributed by atoms with E-state index in [-0.39, 0.29) is 18.2 Å². The molecule has 1 unspecified atom stereocenters. The maximum atomic E-state index is 12.0. The predicted octanol–water partition coefficient (Wildman–Crippen LogP) is 3.31. The number of carbonyl (C=O) groups excluding carboxylic acids is 2. The largest absolute Gasteiger partial charge is 0.356 e. The fourth-order valence-corrected chi connectivity index (χ4v) is 3.26. The molecule has 1 aromatic carbocycles. The third kappa shape index (κ3) is 4.64. The highest BCUT2D eigenvalue weighted by atomic mass is 35.5. The van der Waals surface area contributed by atoms with Crippen molar-refractivity contribution in [3.05, 3.63) is 23.2 Å². The summed E-state index contributed by atoms with van der Waals surface area (Å²) in [5.74, 6) is 0.323. The molecule has 1 heterocycles. The van der Waals surface area contributed by atoms with Crippen molar-refractivity contribution in [2.75, 3.05) is 11.9 Å². The van der Waals surface area contributed by atoms with E-state index in [0.29, 0.717) is 23.2 Å². The van der Waals surface area contributed by atoms with Gasteiger partial charge in [0.25, 0.3) is 0 Å². The highest BCUT2D eigenvalue weighted by Crippen LogP contribution is 2.38. The number of halogens is 1. The summed E-state index contributed by atoms with van der Waals surface area (Å²) < 4.78 is 0. The summed E-state index contributed by atoms with van der Waals surface area (Å²) >= 11 is 7.31. The Labute approximate surface area is 134 Å². The van der Waals surface area contributed by atoms with Crippen LogP contribution in [0.4, 0.5) is 5.69 Å². The topological polar surface area (TPSA) is 58.2 Å². The van der Waals surface area contributed by atoms with E-state index >= 15 is 0 Å². The maximum absolute atomic E-state index is 12.0. The zero-order chi connectivity index (χ0) is 15.4. The fourth-order valence-electron chi connectivity index (χ4n) is 2.00. The van der Waals surface area contributed by atoms with Gasteiger partial charge in [-0.25, -0.2) is 0 Å². The lowest BCUT2D eigenvalue weighted by Gasteiger charge is -2.23. The molecule has 0 bridgehead atoms. The van der Waals surface area contributed by atoms with Crippen LogP contribution in [0.2, 0.25) is 5.02 Å². The van der Waals surface area contributed by atoms with Gasteiger partial charge in [-0.05, 0) is 30.5 Å². The number of anilines is 1. The zero-order valence-corrected chi connectivity index (χ0v) is 13.7. The molecule has 1 aliphatic heterocycles. The van der Waals surface area contributed by atoms with Crippen LogP contribution in [0.15, 0.2) is 23.1 Å². The van der Waals surface area contributed by atoms with Gasteiger partial charge in [-0.1, -0.05) is 25.4 Å². The average Bonchev–Trinajstić information content (AvgIpc) is 2.39. The van der Waals surface area contributed by atoms with E-state index in [1.54, 1.807) is 12.1 Å². The van der Waals surface area contributed by atoms with Crippen LogP contribution >= 0.6 is 23.4 Å². The zero-order valence-electron chi connectivity index (χ0n) is 12.1. The van der Waals surface area contributed by atoms with Crippen molar-refractivity contribution in [3.8, 4) is 0 Å². The Balaban J connectivity index is 1.91. The summed E-state index contributed by atoms with van der Waals surface area (Å²) in [6, 6.07) is 5.37. The first-order chi connectivity index (χ1) is 9.95. The Morgan fingerprint density at radius 1 is 1.48 bits per heavy atom. The van der Waals surface area contributed by atoms with Crippen molar-refractivity contribution < 1.29 is 9.59 Å².